The summed E-state index contributed by atoms with van der Waals surface area (Å²) >= 11 is 1.22. The molecule has 1 saturated heterocycles. The summed E-state index contributed by atoms with van der Waals surface area (Å²) in [5, 5.41) is 3.91. The van der Waals surface area contributed by atoms with Crippen LogP contribution in [0.25, 0.3) is 0 Å². The minimum absolute atomic E-state index is 0. The van der Waals surface area contributed by atoms with E-state index in [1.807, 2.05) is 6.92 Å². The fraction of sp³-hybridized carbons (Fsp3) is 0.667. The van der Waals surface area contributed by atoms with Gasteiger partial charge in [0.1, 0.15) is 0 Å². The van der Waals surface area contributed by atoms with Crippen molar-refractivity contribution >= 4 is 33.8 Å². The Morgan fingerprint density at radius 3 is 2.65 bits per heavy atom. The van der Waals surface area contributed by atoms with Crippen LogP contribution in [-0.4, -0.2) is 32.5 Å². The smallest absolute Gasteiger partial charge is 0.252 e. The number of halogens is 1. The molecule has 1 aliphatic heterocycles. The number of hydrogen-bond donors (Lipinski definition) is 2. The standard InChI is InChI=1S/C9H15N3O2S2.ClH/c1-6-9(15-7(2)11-6)16(13,14)12-8-3-4-10-5-8;/h8,10,12H,3-5H2,1-2H3;1H. The van der Waals surface area contributed by atoms with Gasteiger partial charge in [-0.25, -0.2) is 18.1 Å². The molecule has 1 atom stereocenters. The Kier molecular flexibility index (Phi) is 4.91. The Labute approximate surface area is 111 Å². The molecule has 1 aromatic heterocycles. The summed E-state index contributed by atoms with van der Waals surface area (Å²) in [5.74, 6) is 0. The Balaban J connectivity index is 0.00000144. The number of sulfonamides is 1. The summed E-state index contributed by atoms with van der Waals surface area (Å²) in [4.78, 5) is 4.14. The van der Waals surface area contributed by atoms with Crippen LogP contribution in [0.5, 0.6) is 0 Å². The van der Waals surface area contributed by atoms with Crippen molar-refractivity contribution in [3.8, 4) is 0 Å². The number of aryl methyl sites for hydroxylation is 2. The van der Waals surface area contributed by atoms with E-state index in [9.17, 15) is 8.42 Å². The third-order valence-electron chi connectivity index (χ3n) is 2.49. The summed E-state index contributed by atoms with van der Waals surface area (Å²) < 4.78 is 27.2. The third-order valence-corrected chi connectivity index (χ3v) is 5.69. The lowest BCUT2D eigenvalue weighted by Crippen LogP contribution is -2.36. The normalized spacial score (nSPS) is 20.2. The molecular weight excluding hydrogens is 282 g/mol. The Bertz CT molecular complexity index is 480. The highest BCUT2D eigenvalue weighted by atomic mass is 35.5. The maximum absolute atomic E-state index is 12.1. The lowest BCUT2D eigenvalue weighted by molar-refractivity contribution is 0.561. The lowest BCUT2D eigenvalue weighted by Gasteiger charge is -2.10. The first-order valence-electron chi connectivity index (χ1n) is 5.16. The molecule has 1 aliphatic rings. The number of nitrogens with zero attached hydrogens (tertiary/aromatic N) is 1. The average Bonchev–Trinajstić information content (AvgIpc) is 2.75. The second-order valence-electron chi connectivity index (χ2n) is 3.92. The van der Waals surface area contributed by atoms with E-state index in [0.717, 1.165) is 18.0 Å². The Morgan fingerprint density at radius 2 is 2.18 bits per heavy atom. The van der Waals surface area contributed by atoms with Gasteiger partial charge in [0.2, 0.25) is 0 Å². The van der Waals surface area contributed by atoms with Gasteiger partial charge in [-0.15, -0.1) is 23.7 Å². The summed E-state index contributed by atoms with van der Waals surface area (Å²) in [5.41, 5.74) is 0.584. The van der Waals surface area contributed by atoms with Gasteiger partial charge in [-0.2, -0.15) is 0 Å². The number of aromatic nitrogens is 1. The average molecular weight is 298 g/mol. The SMILES string of the molecule is Cc1nc(C)c(S(=O)(=O)NC2CCNC2)s1.Cl. The first-order chi connectivity index (χ1) is 7.49. The minimum atomic E-state index is -3.39. The highest BCUT2D eigenvalue weighted by Gasteiger charge is 2.26. The van der Waals surface area contributed by atoms with Crippen LogP contribution in [0.4, 0.5) is 0 Å². The lowest BCUT2D eigenvalue weighted by atomic mass is 10.3. The monoisotopic (exact) mass is 297 g/mol. The molecule has 0 amide bonds. The highest BCUT2D eigenvalue weighted by molar-refractivity contribution is 7.91. The predicted molar refractivity (Wildman–Crippen MR) is 70.4 cm³/mol. The van der Waals surface area contributed by atoms with Crippen LogP contribution in [0.3, 0.4) is 0 Å². The van der Waals surface area contributed by atoms with Gasteiger partial charge >= 0.3 is 0 Å². The van der Waals surface area contributed by atoms with Crippen molar-refractivity contribution in [3.63, 3.8) is 0 Å². The molecule has 0 aromatic carbocycles. The second kappa shape index (κ2) is 5.62. The van der Waals surface area contributed by atoms with Gasteiger partial charge in [0.15, 0.2) is 4.21 Å². The quantitative estimate of drug-likeness (QED) is 0.867. The zero-order valence-corrected chi connectivity index (χ0v) is 12.1. The summed E-state index contributed by atoms with van der Waals surface area (Å²) in [6.07, 6.45) is 0.843. The molecule has 17 heavy (non-hydrogen) atoms. The van der Waals surface area contributed by atoms with Crippen molar-refractivity contribution in [1.82, 2.24) is 15.0 Å². The van der Waals surface area contributed by atoms with Crippen LogP contribution in [0.1, 0.15) is 17.1 Å². The fourth-order valence-electron chi connectivity index (χ4n) is 1.79. The maximum atomic E-state index is 12.1. The number of nitrogens with one attached hydrogen (secondary N) is 2. The van der Waals surface area contributed by atoms with Gasteiger partial charge in [0.25, 0.3) is 10.0 Å². The van der Waals surface area contributed by atoms with Crippen LogP contribution in [-0.2, 0) is 10.0 Å². The summed E-state index contributed by atoms with van der Waals surface area (Å²) in [7, 11) is -3.39. The first kappa shape index (κ1) is 14.8. The van der Waals surface area contributed by atoms with E-state index < -0.39 is 10.0 Å². The largest absolute Gasteiger partial charge is 0.315 e. The zero-order chi connectivity index (χ0) is 11.8. The molecule has 1 fully saturated rings. The van der Waals surface area contributed by atoms with E-state index in [0.29, 0.717) is 16.4 Å². The molecule has 5 nitrogen and oxygen atoms in total. The molecule has 98 valence electrons. The van der Waals surface area contributed by atoms with Crippen molar-refractivity contribution in [2.45, 2.75) is 30.5 Å². The molecule has 0 spiro atoms. The second-order valence-corrected chi connectivity index (χ2v) is 7.03. The zero-order valence-electron chi connectivity index (χ0n) is 9.69. The molecule has 8 heteroatoms. The summed E-state index contributed by atoms with van der Waals surface area (Å²) in [6, 6.07) is 0.00630. The van der Waals surface area contributed by atoms with Gasteiger partial charge in [-0.1, -0.05) is 0 Å². The number of hydrogen-bond acceptors (Lipinski definition) is 5. The van der Waals surface area contributed by atoms with Crippen molar-refractivity contribution in [1.29, 1.82) is 0 Å². The molecule has 2 heterocycles. The Hall–Kier alpha value is -0.210. The van der Waals surface area contributed by atoms with Gasteiger partial charge in [-0.05, 0) is 26.8 Å². The van der Waals surface area contributed by atoms with Crippen LogP contribution in [0, 0.1) is 13.8 Å². The highest BCUT2D eigenvalue weighted by Crippen LogP contribution is 2.23. The molecule has 1 aromatic rings. The van der Waals surface area contributed by atoms with Crippen molar-refractivity contribution < 1.29 is 8.42 Å². The van der Waals surface area contributed by atoms with Crippen LogP contribution < -0.4 is 10.0 Å². The molecule has 0 saturated carbocycles. The third kappa shape index (κ3) is 3.38. The molecule has 1 unspecified atom stereocenters. The van der Waals surface area contributed by atoms with Gasteiger partial charge in [0.05, 0.1) is 10.7 Å². The van der Waals surface area contributed by atoms with E-state index in [-0.39, 0.29) is 18.4 Å². The van der Waals surface area contributed by atoms with Crippen LogP contribution in [0.15, 0.2) is 4.21 Å². The minimum Gasteiger partial charge on any atom is -0.315 e. The van der Waals surface area contributed by atoms with E-state index >= 15 is 0 Å². The molecular formula is C9H16ClN3O2S2. The van der Waals surface area contributed by atoms with Crippen molar-refractivity contribution in [2.75, 3.05) is 13.1 Å². The summed E-state index contributed by atoms with van der Waals surface area (Å²) in [6.45, 7) is 5.11. The van der Waals surface area contributed by atoms with Gasteiger partial charge in [-0.3, -0.25) is 0 Å². The van der Waals surface area contributed by atoms with Crippen molar-refractivity contribution in [2.24, 2.45) is 0 Å². The van der Waals surface area contributed by atoms with Crippen LogP contribution in [0.2, 0.25) is 0 Å². The van der Waals surface area contributed by atoms with E-state index in [1.54, 1.807) is 6.92 Å². The number of rotatable bonds is 3. The van der Waals surface area contributed by atoms with Crippen molar-refractivity contribution in [3.05, 3.63) is 10.7 Å². The molecule has 2 rings (SSSR count). The predicted octanol–water partition coefficient (Wildman–Crippen LogP) is 0.822. The maximum Gasteiger partial charge on any atom is 0.252 e. The fourth-order valence-corrected chi connectivity index (χ4v) is 4.56. The van der Waals surface area contributed by atoms with Gasteiger partial charge in [0, 0.05) is 12.6 Å². The van der Waals surface area contributed by atoms with E-state index in [1.165, 1.54) is 11.3 Å². The van der Waals surface area contributed by atoms with E-state index in [2.05, 4.69) is 15.0 Å². The molecule has 0 radical (unpaired) electrons. The first-order valence-corrected chi connectivity index (χ1v) is 7.46. The Morgan fingerprint density at radius 1 is 1.47 bits per heavy atom. The van der Waals surface area contributed by atoms with E-state index in [4.69, 9.17) is 0 Å². The molecule has 0 bridgehead atoms. The molecule has 2 N–H and O–H groups in total. The van der Waals surface area contributed by atoms with Gasteiger partial charge < -0.3 is 5.32 Å². The number of thiazole rings is 1. The van der Waals surface area contributed by atoms with Crippen LogP contribution >= 0.6 is 23.7 Å². The molecule has 0 aliphatic carbocycles. The topological polar surface area (TPSA) is 71.1 Å².